The molecule has 2 heterocycles. The van der Waals surface area contributed by atoms with Crippen LogP contribution in [0.5, 0.6) is 0 Å². The highest BCUT2D eigenvalue weighted by Gasteiger charge is 2.37. The highest BCUT2D eigenvalue weighted by Crippen LogP contribution is 2.25. The van der Waals surface area contributed by atoms with Crippen molar-refractivity contribution in [2.24, 2.45) is 0 Å². The number of anilines is 1. The molecular formula is C17H25N3O2. The maximum absolute atomic E-state index is 11.7. The van der Waals surface area contributed by atoms with Crippen LogP contribution in [0.4, 0.5) is 10.5 Å². The summed E-state index contributed by atoms with van der Waals surface area (Å²) in [6.07, 6.45) is 0.862. The molecule has 22 heavy (non-hydrogen) atoms. The van der Waals surface area contributed by atoms with Crippen molar-refractivity contribution in [2.75, 3.05) is 18.4 Å². The van der Waals surface area contributed by atoms with Crippen LogP contribution >= 0.6 is 0 Å². The van der Waals surface area contributed by atoms with Gasteiger partial charge in [0.2, 0.25) is 0 Å². The van der Waals surface area contributed by atoms with Gasteiger partial charge >= 0.3 is 6.09 Å². The average Bonchev–Trinajstić information content (AvgIpc) is 3.01. The minimum atomic E-state index is -0.479. The van der Waals surface area contributed by atoms with Crippen molar-refractivity contribution in [1.82, 2.24) is 10.2 Å². The van der Waals surface area contributed by atoms with E-state index in [2.05, 4.69) is 27.7 Å². The second-order valence-corrected chi connectivity index (χ2v) is 7.25. The van der Waals surface area contributed by atoms with E-state index < -0.39 is 11.7 Å². The molecule has 5 heteroatoms. The first-order valence-electron chi connectivity index (χ1n) is 7.95. The van der Waals surface area contributed by atoms with Crippen molar-refractivity contribution in [3.8, 4) is 0 Å². The SMILES string of the molecule is CC(C)(C)OC(=O)Nc1ccc(CN2C[C@H]3C[C@@H]2CN3)cc1. The number of carbonyl (C=O) groups is 1. The molecule has 2 fully saturated rings. The molecule has 0 saturated carbocycles. The first-order chi connectivity index (χ1) is 10.4. The number of amides is 1. The molecule has 0 radical (unpaired) electrons. The number of benzene rings is 1. The minimum absolute atomic E-state index is 0.414. The molecule has 2 saturated heterocycles. The van der Waals surface area contributed by atoms with Crippen molar-refractivity contribution < 1.29 is 9.53 Å². The number of rotatable bonds is 3. The molecule has 0 spiro atoms. The molecule has 0 aliphatic carbocycles. The van der Waals surface area contributed by atoms with E-state index in [4.69, 9.17) is 4.74 Å². The molecule has 120 valence electrons. The van der Waals surface area contributed by atoms with Gasteiger partial charge in [-0.25, -0.2) is 4.79 Å². The lowest BCUT2D eigenvalue weighted by atomic mass is 10.1. The van der Waals surface area contributed by atoms with Gasteiger partial charge in [-0.05, 0) is 44.9 Å². The average molecular weight is 303 g/mol. The van der Waals surface area contributed by atoms with E-state index in [9.17, 15) is 4.79 Å². The molecule has 3 rings (SSSR count). The molecule has 2 atom stereocenters. The van der Waals surface area contributed by atoms with Crippen LogP contribution < -0.4 is 10.6 Å². The zero-order valence-corrected chi connectivity index (χ0v) is 13.6. The summed E-state index contributed by atoms with van der Waals surface area (Å²) in [4.78, 5) is 14.3. The molecule has 1 aromatic carbocycles. The number of hydrogen-bond acceptors (Lipinski definition) is 4. The zero-order chi connectivity index (χ0) is 15.7. The molecule has 1 amide bonds. The van der Waals surface area contributed by atoms with E-state index in [0.717, 1.165) is 25.3 Å². The van der Waals surface area contributed by atoms with E-state index >= 15 is 0 Å². The Labute approximate surface area is 132 Å². The van der Waals surface area contributed by atoms with Crippen LogP contribution in [-0.2, 0) is 11.3 Å². The van der Waals surface area contributed by atoms with E-state index in [1.54, 1.807) is 0 Å². The third-order valence-electron chi connectivity index (χ3n) is 4.15. The van der Waals surface area contributed by atoms with E-state index in [0.29, 0.717) is 12.1 Å². The normalized spacial score (nSPS) is 24.5. The summed E-state index contributed by atoms with van der Waals surface area (Å²) in [6.45, 7) is 8.80. The third-order valence-corrected chi connectivity index (χ3v) is 4.15. The fraction of sp³-hybridized carbons (Fsp3) is 0.588. The van der Waals surface area contributed by atoms with Gasteiger partial charge in [-0.15, -0.1) is 0 Å². The highest BCUT2D eigenvalue weighted by atomic mass is 16.6. The van der Waals surface area contributed by atoms with Gasteiger partial charge in [0.25, 0.3) is 0 Å². The summed E-state index contributed by atoms with van der Waals surface area (Å²) < 4.78 is 5.25. The van der Waals surface area contributed by atoms with Crippen LogP contribution in [0.1, 0.15) is 32.8 Å². The molecule has 2 N–H and O–H groups in total. The van der Waals surface area contributed by atoms with Crippen molar-refractivity contribution in [2.45, 2.75) is 51.4 Å². The van der Waals surface area contributed by atoms with Crippen LogP contribution in [0.3, 0.4) is 0 Å². The number of hydrogen-bond donors (Lipinski definition) is 2. The smallest absolute Gasteiger partial charge is 0.412 e. The Hall–Kier alpha value is -1.59. The zero-order valence-electron chi connectivity index (χ0n) is 13.6. The van der Waals surface area contributed by atoms with E-state index in [1.807, 2.05) is 32.9 Å². The Balaban J connectivity index is 1.53. The van der Waals surface area contributed by atoms with Gasteiger partial charge in [0, 0.05) is 37.4 Å². The molecule has 0 aromatic heterocycles. The predicted octanol–water partition coefficient (Wildman–Crippen LogP) is 2.58. The van der Waals surface area contributed by atoms with Crippen LogP contribution in [0.15, 0.2) is 24.3 Å². The first kappa shape index (κ1) is 15.3. The lowest BCUT2D eigenvalue weighted by Crippen LogP contribution is -2.42. The minimum Gasteiger partial charge on any atom is -0.444 e. The standard InChI is InChI=1S/C17H25N3O2/c1-17(2,3)22-16(21)19-13-6-4-12(5-7-13)10-20-11-14-8-15(20)9-18-14/h4-7,14-15,18H,8-11H2,1-3H3,(H,19,21)/t14-,15-/m1/s1. The number of fused-ring (bicyclic) bond motifs is 2. The largest absolute Gasteiger partial charge is 0.444 e. The lowest BCUT2D eigenvalue weighted by Gasteiger charge is -2.27. The quantitative estimate of drug-likeness (QED) is 0.901. The molecule has 1 aromatic rings. The number of piperazine rings is 1. The van der Waals surface area contributed by atoms with Crippen LogP contribution in [-0.4, -0.2) is 41.8 Å². The molecule has 2 aliphatic rings. The predicted molar refractivity (Wildman–Crippen MR) is 86.9 cm³/mol. The van der Waals surface area contributed by atoms with Crippen molar-refractivity contribution in [1.29, 1.82) is 0 Å². The summed E-state index contributed by atoms with van der Waals surface area (Å²) in [5.41, 5.74) is 1.57. The number of likely N-dealkylation sites (tertiary alicyclic amines) is 1. The van der Waals surface area contributed by atoms with Crippen molar-refractivity contribution in [3.05, 3.63) is 29.8 Å². The van der Waals surface area contributed by atoms with Crippen molar-refractivity contribution >= 4 is 11.8 Å². The number of nitrogens with zero attached hydrogens (tertiary/aromatic N) is 1. The van der Waals surface area contributed by atoms with Gasteiger partial charge in [0.1, 0.15) is 5.60 Å². The van der Waals surface area contributed by atoms with Gasteiger partial charge in [-0.1, -0.05) is 12.1 Å². The first-order valence-corrected chi connectivity index (χ1v) is 7.95. The topological polar surface area (TPSA) is 53.6 Å². The number of ether oxygens (including phenoxy) is 1. The fourth-order valence-corrected chi connectivity index (χ4v) is 3.19. The summed E-state index contributed by atoms with van der Waals surface area (Å²) in [5, 5.41) is 6.28. The van der Waals surface area contributed by atoms with Gasteiger partial charge in [-0.2, -0.15) is 0 Å². The Morgan fingerprint density at radius 1 is 1.36 bits per heavy atom. The van der Waals surface area contributed by atoms with Gasteiger partial charge in [0.05, 0.1) is 0 Å². The summed E-state index contributed by atoms with van der Waals surface area (Å²) in [5.74, 6) is 0. The van der Waals surface area contributed by atoms with Gasteiger partial charge in [0.15, 0.2) is 0 Å². The highest BCUT2D eigenvalue weighted by molar-refractivity contribution is 5.84. The Bertz CT molecular complexity index is 536. The van der Waals surface area contributed by atoms with E-state index in [1.165, 1.54) is 12.0 Å². The summed E-state index contributed by atoms with van der Waals surface area (Å²) in [6, 6.07) is 9.39. The molecule has 0 unspecified atom stereocenters. The lowest BCUT2D eigenvalue weighted by molar-refractivity contribution is 0.0636. The molecular weight excluding hydrogens is 278 g/mol. The Morgan fingerprint density at radius 2 is 2.09 bits per heavy atom. The van der Waals surface area contributed by atoms with Gasteiger partial charge < -0.3 is 10.1 Å². The van der Waals surface area contributed by atoms with Crippen molar-refractivity contribution in [3.63, 3.8) is 0 Å². The maximum Gasteiger partial charge on any atom is 0.412 e. The Kier molecular flexibility index (Phi) is 4.10. The Morgan fingerprint density at radius 3 is 2.64 bits per heavy atom. The molecule has 2 aliphatic heterocycles. The molecule has 2 bridgehead atoms. The summed E-state index contributed by atoms with van der Waals surface area (Å²) >= 11 is 0. The second kappa shape index (κ2) is 5.89. The maximum atomic E-state index is 11.7. The van der Waals surface area contributed by atoms with E-state index in [-0.39, 0.29) is 0 Å². The number of carbonyl (C=O) groups excluding carboxylic acids is 1. The number of nitrogens with one attached hydrogen (secondary N) is 2. The third kappa shape index (κ3) is 3.78. The second-order valence-electron chi connectivity index (χ2n) is 7.25. The van der Waals surface area contributed by atoms with Crippen LogP contribution in [0.2, 0.25) is 0 Å². The van der Waals surface area contributed by atoms with Crippen LogP contribution in [0, 0.1) is 0 Å². The van der Waals surface area contributed by atoms with Gasteiger partial charge in [-0.3, -0.25) is 10.2 Å². The summed E-state index contributed by atoms with van der Waals surface area (Å²) in [7, 11) is 0. The monoisotopic (exact) mass is 303 g/mol. The molecule has 5 nitrogen and oxygen atoms in total. The fourth-order valence-electron chi connectivity index (χ4n) is 3.19. The van der Waals surface area contributed by atoms with Crippen LogP contribution in [0.25, 0.3) is 0 Å².